The first-order chi connectivity index (χ1) is 8.48. The number of hydrogen-bond acceptors (Lipinski definition) is 3. The summed E-state index contributed by atoms with van der Waals surface area (Å²) in [6.45, 7) is 5.05. The van der Waals surface area contributed by atoms with Gasteiger partial charge in [0.2, 0.25) is 10.0 Å². The van der Waals surface area contributed by atoms with Crippen LogP contribution in [-0.2, 0) is 10.0 Å². The Morgan fingerprint density at radius 2 is 1.67 bits per heavy atom. The van der Waals surface area contributed by atoms with E-state index in [9.17, 15) is 8.42 Å². The lowest BCUT2D eigenvalue weighted by molar-refractivity contribution is 0.287. The zero-order valence-corrected chi connectivity index (χ0v) is 12.6. The predicted molar refractivity (Wildman–Crippen MR) is 76.0 cm³/mol. The quantitative estimate of drug-likeness (QED) is 0.539. The van der Waals surface area contributed by atoms with Crippen molar-refractivity contribution in [1.82, 2.24) is 4.72 Å². The lowest BCUT2D eigenvalue weighted by Crippen LogP contribution is -2.27. The van der Waals surface area contributed by atoms with Crippen molar-refractivity contribution in [3.05, 3.63) is 0 Å². The summed E-state index contributed by atoms with van der Waals surface area (Å²) in [5.74, 6) is 0.885. The van der Waals surface area contributed by atoms with Crippen LogP contribution in [0.2, 0.25) is 0 Å². The lowest BCUT2D eigenvalue weighted by atomic mass is 10.0. The molecule has 0 rings (SSSR count). The largest absolute Gasteiger partial charge is 0.396 e. The van der Waals surface area contributed by atoms with Crippen LogP contribution in [0.5, 0.6) is 0 Å². The van der Waals surface area contributed by atoms with Crippen molar-refractivity contribution in [1.29, 1.82) is 0 Å². The van der Waals surface area contributed by atoms with Crippen LogP contribution in [0.15, 0.2) is 0 Å². The molecule has 0 saturated carbocycles. The molecule has 0 aromatic rings. The highest BCUT2D eigenvalue weighted by Crippen LogP contribution is 2.09. The third-order valence-electron chi connectivity index (χ3n) is 2.85. The molecule has 5 heteroatoms. The van der Waals surface area contributed by atoms with E-state index in [1.807, 2.05) is 0 Å². The summed E-state index contributed by atoms with van der Waals surface area (Å²) < 4.78 is 25.6. The second-order valence-electron chi connectivity index (χ2n) is 5.24. The molecule has 4 nitrogen and oxygen atoms in total. The number of unbranched alkanes of at least 4 members (excludes halogenated alkanes) is 4. The second-order valence-corrected chi connectivity index (χ2v) is 7.17. The average Bonchev–Trinajstić information content (AvgIpc) is 2.27. The van der Waals surface area contributed by atoms with Gasteiger partial charge in [0.25, 0.3) is 0 Å². The molecule has 110 valence electrons. The van der Waals surface area contributed by atoms with E-state index < -0.39 is 10.0 Å². The molecular formula is C13H29NO3S. The van der Waals surface area contributed by atoms with Gasteiger partial charge in [0.1, 0.15) is 0 Å². The lowest BCUT2D eigenvalue weighted by Gasteiger charge is -2.07. The van der Waals surface area contributed by atoms with Crippen LogP contribution in [-0.4, -0.2) is 32.4 Å². The molecule has 0 aromatic heterocycles. The number of aliphatic hydroxyl groups is 1. The molecule has 0 aliphatic heterocycles. The smallest absolute Gasteiger partial charge is 0.211 e. The van der Waals surface area contributed by atoms with Crippen molar-refractivity contribution in [2.24, 2.45) is 5.92 Å². The molecule has 18 heavy (non-hydrogen) atoms. The molecule has 0 heterocycles. The molecule has 0 aromatic carbocycles. The van der Waals surface area contributed by atoms with Crippen molar-refractivity contribution in [3.8, 4) is 0 Å². The Bertz CT molecular complexity index is 276. The van der Waals surface area contributed by atoms with Crippen molar-refractivity contribution in [2.45, 2.75) is 58.8 Å². The highest BCUT2D eigenvalue weighted by molar-refractivity contribution is 7.89. The summed E-state index contributed by atoms with van der Waals surface area (Å²) in [6, 6.07) is 0. The first-order valence-electron chi connectivity index (χ1n) is 7.06. The van der Waals surface area contributed by atoms with Crippen LogP contribution in [0.3, 0.4) is 0 Å². The highest BCUT2D eigenvalue weighted by atomic mass is 32.2. The fourth-order valence-corrected chi connectivity index (χ4v) is 2.92. The van der Waals surface area contributed by atoms with E-state index in [0.29, 0.717) is 19.4 Å². The van der Waals surface area contributed by atoms with Crippen LogP contribution >= 0.6 is 0 Å². The van der Waals surface area contributed by atoms with E-state index in [4.69, 9.17) is 5.11 Å². The van der Waals surface area contributed by atoms with Gasteiger partial charge in [-0.1, -0.05) is 39.5 Å². The molecule has 0 amide bonds. The van der Waals surface area contributed by atoms with E-state index in [1.165, 1.54) is 19.3 Å². The zero-order chi connectivity index (χ0) is 13.9. The van der Waals surface area contributed by atoms with Crippen LogP contribution in [0.1, 0.15) is 58.8 Å². The number of rotatable bonds is 12. The Morgan fingerprint density at radius 3 is 2.28 bits per heavy atom. The standard InChI is InChI=1S/C13H29NO3S/c1-13(2)9-5-3-4-6-10-14-18(16,17)12-8-7-11-15/h13-15H,3-12H2,1-2H3. The first kappa shape index (κ1) is 17.9. The third-order valence-corrected chi connectivity index (χ3v) is 4.32. The van der Waals surface area contributed by atoms with Gasteiger partial charge in [-0.05, 0) is 25.2 Å². The van der Waals surface area contributed by atoms with E-state index >= 15 is 0 Å². The summed E-state index contributed by atoms with van der Waals surface area (Å²) in [6.07, 6.45) is 6.76. The molecule has 0 spiro atoms. The molecule has 0 bridgehead atoms. The van der Waals surface area contributed by atoms with Gasteiger partial charge in [-0.3, -0.25) is 0 Å². The fraction of sp³-hybridized carbons (Fsp3) is 1.00. The minimum Gasteiger partial charge on any atom is -0.396 e. The van der Waals surface area contributed by atoms with E-state index in [1.54, 1.807) is 0 Å². The summed E-state index contributed by atoms with van der Waals surface area (Å²) in [5.41, 5.74) is 0. The van der Waals surface area contributed by atoms with Crippen molar-refractivity contribution < 1.29 is 13.5 Å². The number of hydrogen-bond donors (Lipinski definition) is 2. The Hall–Kier alpha value is -0.130. The predicted octanol–water partition coefficient (Wildman–Crippen LogP) is 2.28. The maximum absolute atomic E-state index is 11.5. The summed E-state index contributed by atoms with van der Waals surface area (Å²) in [5, 5.41) is 8.58. The maximum Gasteiger partial charge on any atom is 0.211 e. The van der Waals surface area contributed by atoms with Crippen LogP contribution < -0.4 is 4.72 Å². The first-order valence-corrected chi connectivity index (χ1v) is 8.71. The van der Waals surface area contributed by atoms with Gasteiger partial charge in [0.05, 0.1) is 5.75 Å². The topological polar surface area (TPSA) is 66.4 Å². The molecule has 0 radical (unpaired) electrons. The van der Waals surface area contributed by atoms with Crippen molar-refractivity contribution in [2.75, 3.05) is 18.9 Å². The van der Waals surface area contributed by atoms with Gasteiger partial charge in [-0.25, -0.2) is 13.1 Å². The molecule has 0 fully saturated rings. The number of sulfonamides is 1. The summed E-state index contributed by atoms with van der Waals surface area (Å²) in [7, 11) is -3.12. The van der Waals surface area contributed by atoms with Gasteiger partial charge in [0.15, 0.2) is 0 Å². The Kier molecular flexibility index (Phi) is 10.7. The zero-order valence-electron chi connectivity index (χ0n) is 11.8. The molecule has 0 atom stereocenters. The third kappa shape index (κ3) is 12.3. The van der Waals surface area contributed by atoms with E-state index in [2.05, 4.69) is 18.6 Å². The molecule has 0 saturated heterocycles. The van der Waals surface area contributed by atoms with Gasteiger partial charge in [0, 0.05) is 13.2 Å². The van der Waals surface area contributed by atoms with Gasteiger partial charge in [-0.2, -0.15) is 0 Å². The SMILES string of the molecule is CC(C)CCCCCCNS(=O)(=O)CCCCO. The number of aliphatic hydroxyl groups excluding tert-OH is 1. The van der Waals surface area contributed by atoms with Crippen molar-refractivity contribution in [3.63, 3.8) is 0 Å². The number of nitrogens with one attached hydrogen (secondary N) is 1. The monoisotopic (exact) mass is 279 g/mol. The highest BCUT2D eigenvalue weighted by Gasteiger charge is 2.08. The molecule has 2 N–H and O–H groups in total. The van der Waals surface area contributed by atoms with Crippen LogP contribution in [0.4, 0.5) is 0 Å². The Balaban J connectivity index is 3.41. The van der Waals surface area contributed by atoms with E-state index in [-0.39, 0.29) is 12.4 Å². The Labute approximate surface area is 112 Å². The summed E-state index contributed by atoms with van der Waals surface area (Å²) >= 11 is 0. The minimum atomic E-state index is -3.12. The molecule has 0 aliphatic carbocycles. The fourth-order valence-electron chi connectivity index (χ4n) is 1.73. The maximum atomic E-state index is 11.5. The average molecular weight is 279 g/mol. The van der Waals surface area contributed by atoms with Crippen LogP contribution in [0, 0.1) is 5.92 Å². The molecule has 0 unspecified atom stereocenters. The van der Waals surface area contributed by atoms with Crippen molar-refractivity contribution >= 4 is 10.0 Å². The molecular weight excluding hydrogens is 250 g/mol. The minimum absolute atomic E-state index is 0.0609. The normalized spacial score (nSPS) is 12.2. The van der Waals surface area contributed by atoms with Crippen LogP contribution in [0.25, 0.3) is 0 Å². The van der Waals surface area contributed by atoms with Gasteiger partial charge >= 0.3 is 0 Å². The van der Waals surface area contributed by atoms with Gasteiger partial charge in [-0.15, -0.1) is 0 Å². The Morgan fingerprint density at radius 1 is 1.00 bits per heavy atom. The molecule has 0 aliphatic rings. The second kappa shape index (κ2) is 10.8. The van der Waals surface area contributed by atoms with Gasteiger partial charge < -0.3 is 5.11 Å². The summed E-state index contributed by atoms with van der Waals surface area (Å²) in [4.78, 5) is 0. The van der Waals surface area contributed by atoms with E-state index in [0.717, 1.165) is 18.8 Å².